The van der Waals surface area contributed by atoms with Crippen molar-refractivity contribution in [2.24, 2.45) is 11.7 Å². The summed E-state index contributed by atoms with van der Waals surface area (Å²) in [4.78, 5) is 10.7. The number of nitrogens with two attached hydrogens (primary N) is 1. The molecule has 0 aromatic carbocycles. The third kappa shape index (κ3) is 3.56. The quantitative estimate of drug-likeness (QED) is 0.763. The lowest BCUT2D eigenvalue weighted by molar-refractivity contribution is -0.118. The standard InChI is InChI=1S/C11H20N4O/c1-4-10(8(2)3)14-9-5-13-15(6-9)7-11(12)16/h5-6,8,10,14H,4,7H2,1-3H3,(H2,12,16). The van der Waals surface area contributed by atoms with E-state index < -0.39 is 0 Å². The first-order valence-corrected chi connectivity index (χ1v) is 5.60. The normalized spacial score (nSPS) is 12.8. The molecule has 0 saturated carbocycles. The van der Waals surface area contributed by atoms with E-state index in [4.69, 9.17) is 5.73 Å². The molecule has 0 radical (unpaired) electrons. The molecule has 1 rings (SSSR count). The second kappa shape index (κ2) is 5.53. The van der Waals surface area contributed by atoms with Gasteiger partial charge in [-0.1, -0.05) is 20.8 Å². The number of primary amides is 1. The zero-order valence-corrected chi connectivity index (χ0v) is 10.1. The van der Waals surface area contributed by atoms with Gasteiger partial charge in [0.1, 0.15) is 6.54 Å². The number of hydrogen-bond acceptors (Lipinski definition) is 3. The van der Waals surface area contributed by atoms with Crippen LogP contribution in [0.2, 0.25) is 0 Å². The fourth-order valence-electron chi connectivity index (χ4n) is 1.64. The number of hydrogen-bond donors (Lipinski definition) is 2. The second-order valence-electron chi connectivity index (χ2n) is 4.30. The summed E-state index contributed by atoms with van der Waals surface area (Å²) >= 11 is 0. The minimum Gasteiger partial charge on any atom is -0.380 e. The van der Waals surface area contributed by atoms with Crippen LogP contribution in [0.4, 0.5) is 5.69 Å². The van der Waals surface area contributed by atoms with Crippen molar-refractivity contribution >= 4 is 11.6 Å². The van der Waals surface area contributed by atoms with Crippen molar-refractivity contribution in [1.82, 2.24) is 9.78 Å². The Morgan fingerprint density at radius 1 is 1.62 bits per heavy atom. The molecule has 1 aromatic heterocycles. The topological polar surface area (TPSA) is 72.9 Å². The Labute approximate surface area is 96.0 Å². The van der Waals surface area contributed by atoms with E-state index in [1.54, 1.807) is 12.4 Å². The van der Waals surface area contributed by atoms with Crippen molar-refractivity contribution in [1.29, 1.82) is 0 Å². The molecule has 1 amide bonds. The molecule has 1 atom stereocenters. The molecule has 1 aromatic rings. The van der Waals surface area contributed by atoms with E-state index in [2.05, 4.69) is 31.2 Å². The Kier molecular flexibility index (Phi) is 4.34. The average Bonchev–Trinajstić information content (AvgIpc) is 2.60. The van der Waals surface area contributed by atoms with Gasteiger partial charge in [0.2, 0.25) is 5.91 Å². The maximum absolute atomic E-state index is 10.7. The Morgan fingerprint density at radius 3 is 2.81 bits per heavy atom. The molecular weight excluding hydrogens is 204 g/mol. The van der Waals surface area contributed by atoms with E-state index in [-0.39, 0.29) is 12.5 Å². The molecule has 1 heterocycles. The Bertz CT molecular complexity index is 346. The lowest BCUT2D eigenvalue weighted by atomic mass is 10.0. The number of amides is 1. The minimum absolute atomic E-state index is 0.125. The summed E-state index contributed by atoms with van der Waals surface area (Å²) in [7, 11) is 0. The van der Waals surface area contributed by atoms with Crippen molar-refractivity contribution in [3.63, 3.8) is 0 Å². The van der Waals surface area contributed by atoms with Gasteiger partial charge in [0.15, 0.2) is 0 Å². The third-order valence-corrected chi connectivity index (χ3v) is 2.55. The van der Waals surface area contributed by atoms with Crippen molar-refractivity contribution in [2.45, 2.75) is 39.8 Å². The van der Waals surface area contributed by atoms with Crippen molar-refractivity contribution in [3.05, 3.63) is 12.4 Å². The molecule has 0 saturated heterocycles. The van der Waals surface area contributed by atoms with Gasteiger partial charge in [-0.15, -0.1) is 0 Å². The van der Waals surface area contributed by atoms with Crippen LogP contribution in [0, 0.1) is 5.92 Å². The number of carbonyl (C=O) groups is 1. The minimum atomic E-state index is -0.384. The molecule has 0 bridgehead atoms. The van der Waals surface area contributed by atoms with Crippen LogP contribution >= 0.6 is 0 Å². The van der Waals surface area contributed by atoms with Crippen LogP contribution in [0.3, 0.4) is 0 Å². The van der Waals surface area contributed by atoms with Crippen LogP contribution in [0.1, 0.15) is 27.2 Å². The number of rotatable bonds is 6. The van der Waals surface area contributed by atoms with E-state index >= 15 is 0 Å². The molecule has 0 fully saturated rings. The fourth-order valence-corrected chi connectivity index (χ4v) is 1.64. The van der Waals surface area contributed by atoms with Gasteiger partial charge >= 0.3 is 0 Å². The van der Waals surface area contributed by atoms with E-state index in [0.29, 0.717) is 12.0 Å². The van der Waals surface area contributed by atoms with E-state index in [9.17, 15) is 4.79 Å². The van der Waals surface area contributed by atoms with E-state index in [0.717, 1.165) is 12.1 Å². The molecular formula is C11H20N4O. The molecule has 0 spiro atoms. The Morgan fingerprint density at radius 2 is 2.31 bits per heavy atom. The van der Waals surface area contributed by atoms with Crippen LogP contribution in [-0.2, 0) is 11.3 Å². The molecule has 5 nitrogen and oxygen atoms in total. The Hall–Kier alpha value is -1.52. The average molecular weight is 224 g/mol. The first kappa shape index (κ1) is 12.5. The number of aromatic nitrogens is 2. The zero-order chi connectivity index (χ0) is 12.1. The molecule has 90 valence electrons. The maximum atomic E-state index is 10.7. The van der Waals surface area contributed by atoms with Gasteiger partial charge < -0.3 is 11.1 Å². The number of nitrogens with zero attached hydrogens (tertiary/aromatic N) is 2. The lowest BCUT2D eigenvalue weighted by Gasteiger charge is -2.20. The number of anilines is 1. The predicted octanol–water partition coefficient (Wildman–Crippen LogP) is 1.21. The van der Waals surface area contributed by atoms with Crippen LogP contribution in [-0.4, -0.2) is 21.7 Å². The summed E-state index contributed by atoms with van der Waals surface area (Å²) in [5, 5.41) is 7.44. The fraction of sp³-hybridized carbons (Fsp3) is 0.636. The highest BCUT2D eigenvalue weighted by Crippen LogP contribution is 2.14. The highest BCUT2D eigenvalue weighted by atomic mass is 16.1. The second-order valence-corrected chi connectivity index (χ2v) is 4.30. The van der Waals surface area contributed by atoms with Crippen molar-refractivity contribution in [3.8, 4) is 0 Å². The van der Waals surface area contributed by atoms with E-state index in [1.807, 2.05) is 0 Å². The molecule has 0 aliphatic rings. The zero-order valence-electron chi connectivity index (χ0n) is 10.1. The van der Waals surface area contributed by atoms with Gasteiger partial charge in [0.05, 0.1) is 11.9 Å². The smallest absolute Gasteiger partial charge is 0.239 e. The monoisotopic (exact) mass is 224 g/mol. The predicted molar refractivity (Wildman–Crippen MR) is 64.0 cm³/mol. The number of carbonyl (C=O) groups excluding carboxylic acids is 1. The largest absolute Gasteiger partial charge is 0.380 e. The first-order valence-electron chi connectivity index (χ1n) is 5.60. The van der Waals surface area contributed by atoms with Crippen LogP contribution in [0.15, 0.2) is 12.4 Å². The third-order valence-electron chi connectivity index (χ3n) is 2.55. The van der Waals surface area contributed by atoms with Gasteiger partial charge in [-0.3, -0.25) is 9.48 Å². The molecule has 1 unspecified atom stereocenters. The van der Waals surface area contributed by atoms with E-state index in [1.165, 1.54) is 4.68 Å². The lowest BCUT2D eigenvalue weighted by Crippen LogP contribution is -2.24. The SMILES string of the molecule is CCC(Nc1cnn(CC(N)=O)c1)C(C)C. The maximum Gasteiger partial charge on any atom is 0.239 e. The summed E-state index contributed by atoms with van der Waals surface area (Å²) in [6.07, 6.45) is 4.57. The highest BCUT2D eigenvalue weighted by Gasteiger charge is 2.11. The molecule has 5 heteroatoms. The van der Waals surface area contributed by atoms with Gasteiger partial charge in [-0.2, -0.15) is 5.10 Å². The summed E-state index contributed by atoms with van der Waals surface area (Å²) in [5.41, 5.74) is 6.02. The highest BCUT2D eigenvalue weighted by molar-refractivity contribution is 5.73. The molecule has 0 aliphatic carbocycles. The number of nitrogens with one attached hydrogen (secondary N) is 1. The van der Waals surface area contributed by atoms with Crippen LogP contribution in [0.5, 0.6) is 0 Å². The molecule has 16 heavy (non-hydrogen) atoms. The summed E-state index contributed by atoms with van der Waals surface area (Å²) in [6.45, 7) is 6.62. The van der Waals surface area contributed by atoms with Gasteiger partial charge in [0.25, 0.3) is 0 Å². The van der Waals surface area contributed by atoms with Crippen LogP contribution < -0.4 is 11.1 Å². The molecule has 3 N–H and O–H groups in total. The van der Waals surface area contributed by atoms with Crippen molar-refractivity contribution in [2.75, 3.05) is 5.32 Å². The summed E-state index contributed by atoms with van der Waals surface area (Å²) in [5.74, 6) is 0.176. The van der Waals surface area contributed by atoms with Crippen LogP contribution in [0.25, 0.3) is 0 Å². The van der Waals surface area contributed by atoms with Gasteiger partial charge in [-0.25, -0.2) is 0 Å². The van der Waals surface area contributed by atoms with Gasteiger partial charge in [0, 0.05) is 12.2 Å². The summed E-state index contributed by atoms with van der Waals surface area (Å²) in [6, 6.07) is 0.422. The molecule has 0 aliphatic heterocycles. The van der Waals surface area contributed by atoms with Crippen molar-refractivity contribution < 1.29 is 4.79 Å². The summed E-state index contributed by atoms with van der Waals surface area (Å²) < 4.78 is 1.54. The Balaban J connectivity index is 2.60. The van der Waals surface area contributed by atoms with Gasteiger partial charge in [-0.05, 0) is 12.3 Å². The first-order chi connectivity index (χ1) is 7.52.